The molecule has 0 bridgehead atoms. The summed E-state index contributed by atoms with van der Waals surface area (Å²) in [6.45, 7) is 5.40. The van der Waals surface area contributed by atoms with Crippen LogP contribution < -0.4 is 5.32 Å². The van der Waals surface area contributed by atoms with Crippen LogP contribution in [0.4, 0.5) is 4.79 Å². The van der Waals surface area contributed by atoms with Gasteiger partial charge in [0.2, 0.25) is 0 Å². The second-order valence-electron chi connectivity index (χ2n) is 5.38. The van der Waals surface area contributed by atoms with Gasteiger partial charge in [-0.15, -0.1) is 0 Å². The molecule has 118 valence electrons. The molecule has 0 aliphatic carbocycles. The molecule has 0 saturated carbocycles. The Morgan fingerprint density at radius 1 is 1.32 bits per heavy atom. The number of esters is 1. The molecular formula is C16H19NO5. The van der Waals surface area contributed by atoms with E-state index in [2.05, 4.69) is 21.9 Å². The van der Waals surface area contributed by atoms with E-state index < -0.39 is 17.7 Å². The lowest BCUT2D eigenvalue weighted by molar-refractivity contribution is 0.0533. The van der Waals surface area contributed by atoms with Gasteiger partial charge in [-0.05, 0) is 39.0 Å². The van der Waals surface area contributed by atoms with Crippen LogP contribution in [0.25, 0.3) is 0 Å². The number of phenolic OH excluding ortho intramolecular Hbond substituents is 1. The molecule has 0 unspecified atom stereocenters. The highest BCUT2D eigenvalue weighted by Crippen LogP contribution is 2.18. The van der Waals surface area contributed by atoms with Crippen LogP contribution in [0.15, 0.2) is 18.2 Å². The summed E-state index contributed by atoms with van der Waals surface area (Å²) in [5.41, 5.74) is -0.0113. The lowest BCUT2D eigenvalue weighted by Gasteiger charge is -2.18. The number of amides is 1. The second kappa shape index (κ2) is 7.36. The van der Waals surface area contributed by atoms with Gasteiger partial charge in [-0.2, -0.15) is 0 Å². The summed E-state index contributed by atoms with van der Waals surface area (Å²) in [6.07, 6.45) is -0.553. The minimum absolute atomic E-state index is 0.0365. The number of carbonyl (C=O) groups is 2. The SMILES string of the molecule is COC(=O)c1cc(C#CCNC(=O)OC(C)(C)C)ccc1O. The van der Waals surface area contributed by atoms with E-state index in [1.54, 1.807) is 26.8 Å². The van der Waals surface area contributed by atoms with Gasteiger partial charge in [0, 0.05) is 5.56 Å². The number of benzene rings is 1. The maximum Gasteiger partial charge on any atom is 0.408 e. The average Bonchev–Trinajstić information content (AvgIpc) is 2.42. The van der Waals surface area contributed by atoms with Crippen molar-refractivity contribution in [2.24, 2.45) is 0 Å². The van der Waals surface area contributed by atoms with Crippen molar-refractivity contribution in [1.82, 2.24) is 5.32 Å². The van der Waals surface area contributed by atoms with Crippen molar-refractivity contribution in [3.63, 3.8) is 0 Å². The predicted octanol–water partition coefficient (Wildman–Crippen LogP) is 2.06. The largest absolute Gasteiger partial charge is 0.507 e. The summed E-state index contributed by atoms with van der Waals surface area (Å²) in [6, 6.07) is 4.33. The number of rotatable bonds is 2. The van der Waals surface area contributed by atoms with Crippen LogP contribution in [0.3, 0.4) is 0 Å². The zero-order chi connectivity index (χ0) is 16.8. The first-order chi connectivity index (χ1) is 10.2. The van der Waals surface area contributed by atoms with Crippen molar-refractivity contribution < 1.29 is 24.2 Å². The van der Waals surface area contributed by atoms with Crippen molar-refractivity contribution in [1.29, 1.82) is 0 Å². The topological polar surface area (TPSA) is 84.9 Å². The van der Waals surface area contributed by atoms with Gasteiger partial charge in [-0.25, -0.2) is 9.59 Å². The Morgan fingerprint density at radius 3 is 2.59 bits per heavy atom. The van der Waals surface area contributed by atoms with Crippen molar-refractivity contribution in [3.05, 3.63) is 29.3 Å². The standard InChI is InChI=1S/C16H19NO5/c1-16(2,3)22-15(20)17-9-5-6-11-7-8-13(18)12(10-11)14(19)21-4/h7-8,10,18H,9H2,1-4H3,(H,17,20). The number of carbonyl (C=O) groups excluding carboxylic acids is 2. The number of methoxy groups -OCH3 is 1. The molecule has 1 aromatic rings. The van der Waals surface area contributed by atoms with E-state index in [1.807, 2.05) is 0 Å². The molecule has 0 radical (unpaired) electrons. The van der Waals surface area contributed by atoms with Crippen LogP contribution in [0.1, 0.15) is 36.7 Å². The molecule has 0 atom stereocenters. The molecule has 0 saturated heterocycles. The third kappa shape index (κ3) is 5.75. The molecule has 22 heavy (non-hydrogen) atoms. The number of ether oxygens (including phenoxy) is 2. The molecule has 1 rings (SSSR count). The van der Waals surface area contributed by atoms with E-state index >= 15 is 0 Å². The number of hydrogen-bond donors (Lipinski definition) is 2. The fourth-order valence-electron chi connectivity index (χ4n) is 1.46. The minimum Gasteiger partial charge on any atom is -0.507 e. The van der Waals surface area contributed by atoms with Crippen LogP contribution in [-0.4, -0.2) is 36.4 Å². The van der Waals surface area contributed by atoms with E-state index in [4.69, 9.17) is 4.74 Å². The molecule has 0 heterocycles. The van der Waals surface area contributed by atoms with Crippen molar-refractivity contribution in [2.75, 3.05) is 13.7 Å². The van der Waals surface area contributed by atoms with E-state index in [-0.39, 0.29) is 17.9 Å². The fraction of sp³-hybridized carbons (Fsp3) is 0.375. The first-order valence-corrected chi connectivity index (χ1v) is 6.60. The van der Waals surface area contributed by atoms with Crippen LogP contribution in [0.2, 0.25) is 0 Å². The van der Waals surface area contributed by atoms with E-state index in [0.29, 0.717) is 5.56 Å². The normalized spacial score (nSPS) is 10.2. The third-order valence-electron chi connectivity index (χ3n) is 2.35. The third-order valence-corrected chi connectivity index (χ3v) is 2.35. The number of aromatic hydroxyl groups is 1. The molecule has 0 fully saturated rings. The molecule has 0 aromatic heterocycles. The summed E-state index contributed by atoms with van der Waals surface area (Å²) < 4.78 is 9.61. The van der Waals surface area contributed by atoms with E-state index in [9.17, 15) is 14.7 Å². The van der Waals surface area contributed by atoms with Gasteiger partial charge in [0.15, 0.2) is 0 Å². The van der Waals surface area contributed by atoms with Gasteiger partial charge in [-0.1, -0.05) is 11.8 Å². The molecule has 6 heteroatoms. The molecule has 2 N–H and O–H groups in total. The Bertz CT molecular complexity index is 620. The quantitative estimate of drug-likeness (QED) is 0.645. The van der Waals surface area contributed by atoms with Gasteiger partial charge >= 0.3 is 12.1 Å². The zero-order valence-corrected chi connectivity index (χ0v) is 13.0. The molecule has 0 aliphatic heterocycles. The number of hydrogen-bond acceptors (Lipinski definition) is 5. The second-order valence-corrected chi connectivity index (χ2v) is 5.38. The highest BCUT2D eigenvalue weighted by Gasteiger charge is 2.15. The average molecular weight is 305 g/mol. The summed E-state index contributed by atoms with van der Waals surface area (Å²) in [5.74, 6) is 4.67. The summed E-state index contributed by atoms with van der Waals surface area (Å²) in [7, 11) is 1.23. The van der Waals surface area contributed by atoms with Gasteiger partial charge in [0.05, 0.1) is 13.7 Å². The van der Waals surface area contributed by atoms with Gasteiger partial charge in [0.25, 0.3) is 0 Å². The first-order valence-electron chi connectivity index (χ1n) is 6.60. The van der Waals surface area contributed by atoms with E-state index in [1.165, 1.54) is 19.2 Å². The molecule has 1 amide bonds. The number of alkyl carbamates (subject to hydrolysis) is 1. The van der Waals surface area contributed by atoms with Crippen molar-refractivity contribution >= 4 is 12.1 Å². The Hall–Kier alpha value is -2.68. The lowest BCUT2D eigenvalue weighted by atomic mass is 10.1. The van der Waals surface area contributed by atoms with Crippen LogP contribution in [0.5, 0.6) is 5.75 Å². The van der Waals surface area contributed by atoms with Gasteiger partial charge in [-0.3, -0.25) is 0 Å². The van der Waals surface area contributed by atoms with Crippen molar-refractivity contribution in [2.45, 2.75) is 26.4 Å². The van der Waals surface area contributed by atoms with Gasteiger partial charge in [0.1, 0.15) is 16.9 Å². The molecular weight excluding hydrogens is 286 g/mol. The summed E-state index contributed by atoms with van der Waals surface area (Å²) in [5, 5.41) is 12.1. The fourth-order valence-corrected chi connectivity index (χ4v) is 1.46. The van der Waals surface area contributed by atoms with Crippen LogP contribution in [-0.2, 0) is 9.47 Å². The highest BCUT2D eigenvalue weighted by molar-refractivity contribution is 5.92. The minimum atomic E-state index is -0.645. The van der Waals surface area contributed by atoms with Crippen molar-refractivity contribution in [3.8, 4) is 17.6 Å². The number of nitrogens with one attached hydrogen (secondary N) is 1. The predicted molar refractivity (Wildman–Crippen MR) is 80.6 cm³/mol. The number of phenols is 1. The van der Waals surface area contributed by atoms with Crippen LogP contribution >= 0.6 is 0 Å². The Balaban J connectivity index is 2.66. The first kappa shape index (κ1) is 17.4. The highest BCUT2D eigenvalue weighted by atomic mass is 16.6. The lowest BCUT2D eigenvalue weighted by Crippen LogP contribution is -2.32. The maximum absolute atomic E-state index is 11.4. The van der Waals surface area contributed by atoms with Gasteiger partial charge < -0.3 is 19.9 Å². The Morgan fingerprint density at radius 2 is 2.00 bits per heavy atom. The monoisotopic (exact) mass is 305 g/mol. The molecule has 1 aromatic carbocycles. The summed E-state index contributed by atoms with van der Waals surface area (Å²) in [4.78, 5) is 22.8. The zero-order valence-electron chi connectivity index (χ0n) is 13.0. The Kier molecular flexibility index (Phi) is 5.81. The van der Waals surface area contributed by atoms with E-state index in [0.717, 1.165) is 0 Å². The molecule has 0 aliphatic rings. The Labute approximate surface area is 129 Å². The molecule has 6 nitrogen and oxygen atoms in total. The molecule has 0 spiro atoms. The maximum atomic E-state index is 11.4. The summed E-state index contributed by atoms with van der Waals surface area (Å²) >= 11 is 0. The smallest absolute Gasteiger partial charge is 0.408 e. The van der Waals surface area contributed by atoms with Crippen LogP contribution in [0, 0.1) is 11.8 Å².